The molecule has 1 saturated heterocycles. The van der Waals surface area contributed by atoms with E-state index in [2.05, 4.69) is 0 Å². The first-order chi connectivity index (χ1) is 10.1. The second-order valence-corrected chi connectivity index (χ2v) is 6.47. The van der Waals surface area contributed by atoms with Crippen LogP contribution in [-0.4, -0.2) is 58.9 Å². The first-order valence-corrected chi connectivity index (χ1v) is 7.86. The molecule has 21 heavy (non-hydrogen) atoms. The van der Waals surface area contributed by atoms with Crippen LogP contribution in [-0.2, 0) is 14.4 Å². The fourth-order valence-corrected chi connectivity index (χ4v) is 3.42. The summed E-state index contributed by atoms with van der Waals surface area (Å²) in [5.74, 6) is -0.733. The van der Waals surface area contributed by atoms with E-state index < -0.39 is 5.97 Å². The zero-order valence-corrected chi connectivity index (χ0v) is 12.2. The number of carboxylic acids is 1. The van der Waals surface area contributed by atoms with Crippen molar-refractivity contribution in [3.8, 4) is 0 Å². The number of hydrogen-bond acceptors (Lipinski definition) is 3. The van der Waals surface area contributed by atoms with E-state index in [1.165, 1.54) is 0 Å². The number of hydrogen-bond donors (Lipinski definition) is 1. The number of carboxylic acid groups (broad SMARTS) is 1. The van der Waals surface area contributed by atoms with Gasteiger partial charge in [-0.15, -0.1) is 0 Å². The highest BCUT2D eigenvalue weighted by Crippen LogP contribution is 2.33. The van der Waals surface area contributed by atoms with E-state index in [9.17, 15) is 14.4 Å². The van der Waals surface area contributed by atoms with Gasteiger partial charge in [0.05, 0.1) is 5.92 Å². The SMILES string of the molecule is O=C(O)C1CCC(C(=O)N2CCN(C(=O)C3CC3)CC2)C1. The molecule has 3 fully saturated rings. The van der Waals surface area contributed by atoms with E-state index in [0.29, 0.717) is 45.4 Å². The van der Waals surface area contributed by atoms with Crippen molar-refractivity contribution in [3.63, 3.8) is 0 Å². The third kappa shape index (κ3) is 3.04. The quantitative estimate of drug-likeness (QED) is 0.825. The smallest absolute Gasteiger partial charge is 0.306 e. The Morgan fingerprint density at radius 1 is 0.714 bits per heavy atom. The molecule has 116 valence electrons. The molecule has 0 aromatic rings. The summed E-state index contributed by atoms with van der Waals surface area (Å²) in [7, 11) is 0. The maximum atomic E-state index is 12.4. The summed E-state index contributed by atoms with van der Waals surface area (Å²) in [6, 6.07) is 0. The van der Waals surface area contributed by atoms with Crippen molar-refractivity contribution in [1.82, 2.24) is 9.80 Å². The van der Waals surface area contributed by atoms with Crippen LogP contribution in [0, 0.1) is 17.8 Å². The van der Waals surface area contributed by atoms with Crippen molar-refractivity contribution >= 4 is 17.8 Å². The predicted molar refractivity (Wildman–Crippen MR) is 74.4 cm³/mol. The average Bonchev–Trinajstić information content (AvgIpc) is 3.22. The second kappa shape index (κ2) is 5.66. The van der Waals surface area contributed by atoms with Gasteiger partial charge in [0.15, 0.2) is 0 Å². The summed E-state index contributed by atoms with van der Waals surface area (Å²) >= 11 is 0. The number of nitrogens with zero attached hydrogens (tertiary/aromatic N) is 2. The molecule has 0 bridgehead atoms. The summed E-state index contributed by atoms with van der Waals surface area (Å²) < 4.78 is 0. The number of aliphatic carboxylic acids is 1. The van der Waals surface area contributed by atoms with Crippen molar-refractivity contribution in [2.45, 2.75) is 32.1 Å². The Labute approximate surface area is 124 Å². The van der Waals surface area contributed by atoms with Gasteiger partial charge >= 0.3 is 5.97 Å². The Hall–Kier alpha value is -1.59. The van der Waals surface area contributed by atoms with Gasteiger partial charge in [0.1, 0.15) is 0 Å². The van der Waals surface area contributed by atoms with Gasteiger partial charge in [0.25, 0.3) is 0 Å². The molecule has 2 aliphatic carbocycles. The van der Waals surface area contributed by atoms with E-state index in [1.807, 2.05) is 9.80 Å². The molecule has 0 spiro atoms. The van der Waals surface area contributed by atoms with Crippen LogP contribution in [0.15, 0.2) is 0 Å². The Morgan fingerprint density at radius 3 is 1.57 bits per heavy atom. The molecule has 1 aliphatic heterocycles. The van der Waals surface area contributed by atoms with Gasteiger partial charge in [-0.25, -0.2) is 0 Å². The molecule has 6 heteroatoms. The first-order valence-electron chi connectivity index (χ1n) is 7.86. The number of piperazine rings is 1. The minimum Gasteiger partial charge on any atom is -0.481 e. The lowest BCUT2D eigenvalue weighted by Crippen LogP contribution is -2.52. The minimum absolute atomic E-state index is 0.0808. The number of amides is 2. The van der Waals surface area contributed by atoms with Gasteiger partial charge in [0, 0.05) is 38.0 Å². The van der Waals surface area contributed by atoms with Crippen LogP contribution in [0.25, 0.3) is 0 Å². The third-order valence-corrected chi connectivity index (χ3v) is 4.96. The summed E-state index contributed by atoms with van der Waals surface area (Å²) in [6.07, 6.45) is 3.77. The topological polar surface area (TPSA) is 77.9 Å². The van der Waals surface area contributed by atoms with Crippen molar-refractivity contribution < 1.29 is 19.5 Å². The molecule has 1 N–H and O–H groups in total. The van der Waals surface area contributed by atoms with Crippen molar-refractivity contribution in [2.24, 2.45) is 17.8 Å². The molecule has 2 unspecified atom stereocenters. The highest BCUT2D eigenvalue weighted by atomic mass is 16.4. The Kier molecular flexibility index (Phi) is 3.87. The van der Waals surface area contributed by atoms with Crippen molar-refractivity contribution in [3.05, 3.63) is 0 Å². The molecule has 0 aromatic carbocycles. The van der Waals surface area contributed by atoms with Crippen LogP contribution < -0.4 is 0 Å². The molecule has 2 saturated carbocycles. The zero-order valence-electron chi connectivity index (χ0n) is 12.2. The van der Waals surface area contributed by atoms with Gasteiger partial charge in [-0.2, -0.15) is 0 Å². The molecule has 0 aromatic heterocycles. The predicted octanol–water partition coefficient (Wildman–Crippen LogP) is 0.568. The van der Waals surface area contributed by atoms with Gasteiger partial charge in [-0.05, 0) is 32.1 Å². The van der Waals surface area contributed by atoms with Crippen LogP contribution >= 0.6 is 0 Å². The lowest BCUT2D eigenvalue weighted by molar-refractivity contribution is -0.143. The van der Waals surface area contributed by atoms with Gasteiger partial charge in [-0.1, -0.05) is 0 Å². The lowest BCUT2D eigenvalue weighted by atomic mass is 10.0. The Bertz CT molecular complexity index is 453. The van der Waals surface area contributed by atoms with Gasteiger partial charge in [0.2, 0.25) is 11.8 Å². The third-order valence-electron chi connectivity index (χ3n) is 4.96. The molecule has 3 aliphatic rings. The Balaban J connectivity index is 1.49. The number of carbonyl (C=O) groups excluding carboxylic acids is 2. The molecule has 6 nitrogen and oxygen atoms in total. The van der Waals surface area contributed by atoms with Gasteiger partial charge < -0.3 is 14.9 Å². The van der Waals surface area contributed by atoms with E-state index >= 15 is 0 Å². The monoisotopic (exact) mass is 294 g/mol. The highest BCUT2D eigenvalue weighted by Gasteiger charge is 2.38. The number of rotatable bonds is 3. The Morgan fingerprint density at radius 2 is 1.14 bits per heavy atom. The summed E-state index contributed by atoms with van der Waals surface area (Å²) in [4.78, 5) is 39.0. The van der Waals surface area contributed by atoms with Crippen LogP contribution in [0.2, 0.25) is 0 Å². The van der Waals surface area contributed by atoms with Crippen LogP contribution in [0.3, 0.4) is 0 Å². The van der Waals surface area contributed by atoms with Crippen LogP contribution in [0.5, 0.6) is 0 Å². The van der Waals surface area contributed by atoms with Crippen molar-refractivity contribution in [1.29, 1.82) is 0 Å². The molecular weight excluding hydrogens is 272 g/mol. The van der Waals surface area contributed by atoms with Crippen LogP contribution in [0.4, 0.5) is 0 Å². The maximum absolute atomic E-state index is 12.4. The van der Waals surface area contributed by atoms with E-state index in [-0.39, 0.29) is 29.6 Å². The normalized spacial score (nSPS) is 29.5. The number of carbonyl (C=O) groups is 3. The zero-order chi connectivity index (χ0) is 15.0. The summed E-state index contributed by atoms with van der Waals surface area (Å²) in [6.45, 7) is 2.42. The maximum Gasteiger partial charge on any atom is 0.306 e. The molecule has 1 heterocycles. The van der Waals surface area contributed by atoms with E-state index in [0.717, 1.165) is 12.8 Å². The van der Waals surface area contributed by atoms with Gasteiger partial charge in [-0.3, -0.25) is 14.4 Å². The van der Waals surface area contributed by atoms with Crippen LogP contribution in [0.1, 0.15) is 32.1 Å². The van der Waals surface area contributed by atoms with Crippen molar-refractivity contribution in [2.75, 3.05) is 26.2 Å². The summed E-state index contributed by atoms with van der Waals surface area (Å²) in [5.41, 5.74) is 0. The fourth-order valence-electron chi connectivity index (χ4n) is 3.42. The minimum atomic E-state index is -0.787. The van der Waals surface area contributed by atoms with E-state index in [1.54, 1.807) is 0 Å². The fraction of sp³-hybridized carbons (Fsp3) is 0.800. The first kappa shape index (κ1) is 14.4. The molecule has 2 amide bonds. The molecule has 2 atom stereocenters. The summed E-state index contributed by atoms with van der Waals surface area (Å²) in [5, 5.41) is 9.01. The highest BCUT2D eigenvalue weighted by molar-refractivity contribution is 5.83. The lowest BCUT2D eigenvalue weighted by Gasteiger charge is -2.36. The standard InChI is InChI=1S/C15H22N2O4/c18-13(10-1-2-10)16-5-7-17(8-6-16)14(19)11-3-4-12(9-11)15(20)21/h10-12H,1-9H2,(H,20,21). The molecule has 0 radical (unpaired) electrons. The molecule has 3 rings (SSSR count). The largest absolute Gasteiger partial charge is 0.481 e. The van der Waals surface area contributed by atoms with E-state index in [4.69, 9.17) is 5.11 Å². The second-order valence-electron chi connectivity index (χ2n) is 6.47. The molecular formula is C15H22N2O4. The average molecular weight is 294 g/mol.